The Morgan fingerprint density at radius 3 is 2.33 bits per heavy atom. The van der Waals surface area contributed by atoms with Crippen LogP contribution in [0.25, 0.3) is 5.76 Å². The fraction of sp³-hybridized carbons (Fsp3) is 0.0435. The number of carbonyl (C=O) groups is 2. The van der Waals surface area contributed by atoms with E-state index < -0.39 is 29.3 Å². The predicted molar refractivity (Wildman–Crippen MR) is 107 cm³/mol. The van der Waals surface area contributed by atoms with Crippen molar-refractivity contribution in [3.63, 3.8) is 0 Å². The van der Waals surface area contributed by atoms with E-state index in [2.05, 4.69) is 4.98 Å². The van der Waals surface area contributed by atoms with Gasteiger partial charge in [-0.25, -0.2) is 4.39 Å². The van der Waals surface area contributed by atoms with Gasteiger partial charge in [0.1, 0.15) is 17.6 Å². The monoisotopic (exact) mass is 399 g/mol. The first-order chi connectivity index (χ1) is 14.5. The standard InChI is InChI=1S/C23H14FN3O3/c24-16-8-6-15(7-9-16)21(28)19-20(18-3-1-2-12-26-18)27(23(30)22(19)29)17-10-4-14(13-25)5-11-17/h1-12,20,28H/b21-19-. The van der Waals surface area contributed by atoms with E-state index in [1.54, 1.807) is 30.3 Å². The molecule has 30 heavy (non-hydrogen) atoms. The molecule has 146 valence electrons. The van der Waals surface area contributed by atoms with E-state index in [4.69, 9.17) is 5.26 Å². The van der Waals surface area contributed by atoms with Gasteiger partial charge in [-0.15, -0.1) is 0 Å². The summed E-state index contributed by atoms with van der Waals surface area (Å²) >= 11 is 0. The first kappa shape index (κ1) is 19.0. The summed E-state index contributed by atoms with van der Waals surface area (Å²) in [6.45, 7) is 0. The number of carbonyl (C=O) groups excluding carboxylic acids is 2. The predicted octanol–water partition coefficient (Wildman–Crippen LogP) is 3.72. The molecule has 1 aliphatic heterocycles. The molecule has 1 aromatic heterocycles. The number of ketones is 1. The van der Waals surface area contributed by atoms with Crippen molar-refractivity contribution in [2.24, 2.45) is 0 Å². The minimum absolute atomic E-state index is 0.144. The highest BCUT2D eigenvalue weighted by Crippen LogP contribution is 2.41. The smallest absolute Gasteiger partial charge is 0.300 e. The van der Waals surface area contributed by atoms with Crippen LogP contribution in [0, 0.1) is 17.1 Å². The van der Waals surface area contributed by atoms with Crippen LogP contribution in [0.3, 0.4) is 0 Å². The van der Waals surface area contributed by atoms with Crippen LogP contribution in [0.4, 0.5) is 10.1 Å². The van der Waals surface area contributed by atoms with Gasteiger partial charge in [0.05, 0.1) is 22.9 Å². The van der Waals surface area contributed by atoms with E-state index in [9.17, 15) is 19.1 Å². The lowest BCUT2D eigenvalue weighted by atomic mass is 9.98. The summed E-state index contributed by atoms with van der Waals surface area (Å²) in [6, 6.07) is 17.2. The second kappa shape index (κ2) is 7.60. The molecule has 1 saturated heterocycles. The lowest BCUT2D eigenvalue weighted by Gasteiger charge is -2.24. The maximum absolute atomic E-state index is 13.3. The van der Waals surface area contributed by atoms with E-state index in [-0.39, 0.29) is 11.1 Å². The van der Waals surface area contributed by atoms with Gasteiger partial charge in [0.15, 0.2) is 0 Å². The summed E-state index contributed by atoms with van der Waals surface area (Å²) in [7, 11) is 0. The zero-order valence-electron chi connectivity index (χ0n) is 15.5. The number of pyridine rings is 1. The van der Waals surface area contributed by atoms with Gasteiger partial charge in [-0.05, 0) is 60.7 Å². The van der Waals surface area contributed by atoms with Crippen molar-refractivity contribution in [3.05, 3.63) is 101 Å². The van der Waals surface area contributed by atoms with Gasteiger partial charge in [0, 0.05) is 17.4 Å². The van der Waals surface area contributed by atoms with Crippen LogP contribution in [0.2, 0.25) is 0 Å². The molecule has 3 aromatic rings. The molecule has 7 heteroatoms. The van der Waals surface area contributed by atoms with Crippen LogP contribution in [0.5, 0.6) is 0 Å². The highest BCUT2D eigenvalue weighted by atomic mass is 19.1. The number of hydrogen-bond donors (Lipinski definition) is 1. The van der Waals surface area contributed by atoms with Crippen molar-refractivity contribution in [1.82, 2.24) is 4.98 Å². The molecule has 0 saturated carbocycles. The van der Waals surface area contributed by atoms with Crippen LogP contribution >= 0.6 is 0 Å². The molecule has 6 nitrogen and oxygen atoms in total. The molecule has 1 aliphatic rings. The zero-order valence-corrected chi connectivity index (χ0v) is 15.5. The Morgan fingerprint density at radius 1 is 1.03 bits per heavy atom. The molecule has 2 aromatic carbocycles. The van der Waals surface area contributed by atoms with Crippen LogP contribution < -0.4 is 4.90 Å². The summed E-state index contributed by atoms with van der Waals surface area (Å²) in [6.07, 6.45) is 1.52. The van der Waals surface area contributed by atoms with E-state index in [0.29, 0.717) is 16.9 Å². The third-order valence-electron chi connectivity index (χ3n) is 4.80. The molecule has 4 rings (SSSR count). The highest BCUT2D eigenvalue weighted by Gasteiger charge is 2.47. The third-order valence-corrected chi connectivity index (χ3v) is 4.80. The number of aliphatic hydroxyl groups excluding tert-OH is 1. The van der Waals surface area contributed by atoms with Crippen LogP contribution in [0.15, 0.2) is 78.5 Å². The molecule has 1 fully saturated rings. The minimum Gasteiger partial charge on any atom is -0.507 e. The molecule has 0 bridgehead atoms. The first-order valence-corrected chi connectivity index (χ1v) is 8.99. The zero-order chi connectivity index (χ0) is 21.3. The van der Waals surface area contributed by atoms with Crippen LogP contribution in [-0.2, 0) is 9.59 Å². The number of halogens is 1. The van der Waals surface area contributed by atoms with Crippen molar-refractivity contribution in [1.29, 1.82) is 5.26 Å². The Morgan fingerprint density at radius 2 is 1.73 bits per heavy atom. The number of rotatable bonds is 3. The van der Waals surface area contributed by atoms with E-state index >= 15 is 0 Å². The van der Waals surface area contributed by atoms with Gasteiger partial charge in [0.2, 0.25) is 0 Å². The van der Waals surface area contributed by atoms with E-state index in [1.807, 2.05) is 6.07 Å². The second-order valence-electron chi connectivity index (χ2n) is 6.59. The molecular formula is C23H14FN3O3. The average molecular weight is 399 g/mol. The molecule has 1 amide bonds. The molecule has 0 aliphatic carbocycles. The second-order valence-corrected chi connectivity index (χ2v) is 6.59. The fourth-order valence-electron chi connectivity index (χ4n) is 3.38. The average Bonchev–Trinajstić information content (AvgIpc) is 3.05. The lowest BCUT2D eigenvalue weighted by molar-refractivity contribution is -0.132. The normalized spacial score (nSPS) is 17.7. The Hall–Kier alpha value is -4.31. The largest absolute Gasteiger partial charge is 0.507 e. The summed E-state index contributed by atoms with van der Waals surface area (Å²) in [5, 5.41) is 19.9. The summed E-state index contributed by atoms with van der Waals surface area (Å²) in [4.78, 5) is 31.3. The number of hydrogen-bond acceptors (Lipinski definition) is 5. The Labute approximate surface area is 171 Å². The number of aliphatic hydroxyl groups is 1. The molecule has 0 spiro atoms. The van der Waals surface area contributed by atoms with Gasteiger partial charge in [0.25, 0.3) is 11.7 Å². The summed E-state index contributed by atoms with van der Waals surface area (Å²) in [5.74, 6) is -2.62. The number of aromatic nitrogens is 1. The molecule has 2 heterocycles. The van der Waals surface area contributed by atoms with Crippen molar-refractivity contribution in [2.75, 3.05) is 4.90 Å². The molecular weight excluding hydrogens is 385 g/mol. The van der Waals surface area contributed by atoms with Crippen LogP contribution in [-0.4, -0.2) is 21.8 Å². The number of nitrogens with zero attached hydrogens (tertiary/aromatic N) is 3. The van der Waals surface area contributed by atoms with Gasteiger partial charge < -0.3 is 5.11 Å². The van der Waals surface area contributed by atoms with Crippen molar-refractivity contribution < 1.29 is 19.1 Å². The maximum atomic E-state index is 13.3. The Kier molecular flexibility index (Phi) is 4.82. The quantitative estimate of drug-likeness (QED) is 0.412. The van der Waals surface area contributed by atoms with E-state index in [1.165, 1.54) is 35.4 Å². The van der Waals surface area contributed by atoms with Gasteiger partial charge in [-0.1, -0.05) is 6.07 Å². The van der Waals surface area contributed by atoms with Gasteiger partial charge in [-0.3, -0.25) is 19.5 Å². The highest BCUT2D eigenvalue weighted by molar-refractivity contribution is 6.51. The number of amides is 1. The summed E-state index contributed by atoms with van der Waals surface area (Å²) < 4.78 is 13.3. The number of benzene rings is 2. The third kappa shape index (κ3) is 3.20. The van der Waals surface area contributed by atoms with E-state index in [0.717, 1.165) is 12.1 Å². The SMILES string of the molecule is N#Cc1ccc(N2C(=O)C(=O)/C(=C(\O)c3ccc(F)cc3)C2c2ccccn2)cc1. The van der Waals surface area contributed by atoms with Crippen molar-refractivity contribution in [3.8, 4) is 6.07 Å². The van der Waals surface area contributed by atoms with Crippen molar-refractivity contribution in [2.45, 2.75) is 6.04 Å². The van der Waals surface area contributed by atoms with Gasteiger partial charge in [-0.2, -0.15) is 5.26 Å². The summed E-state index contributed by atoms with van der Waals surface area (Å²) in [5.41, 5.74) is 1.22. The minimum atomic E-state index is -0.982. The number of nitriles is 1. The topological polar surface area (TPSA) is 94.3 Å². The fourth-order valence-corrected chi connectivity index (χ4v) is 3.38. The molecule has 1 unspecified atom stereocenters. The number of anilines is 1. The Balaban J connectivity index is 1.92. The molecule has 0 radical (unpaired) electrons. The molecule has 1 atom stereocenters. The van der Waals surface area contributed by atoms with Crippen molar-refractivity contribution >= 4 is 23.1 Å². The molecule has 1 N–H and O–H groups in total. The maximum Gasteiger partial charge on any atom is 0.300 e. The van der Waals surface area contributed by atoms with Gasteiger partial charge >= 0.3 is 0 Å². The Bertz CT molecular complexity index is 1200. The first-order valence-electron chi connectivity index (χ1n) is 8.99. The number of Topliss-reactive ketones (excluding diaryl/α,β-unsaturated/α-hetero) is 1. The lowest BCUT2D eigenvalue weighted by Crippen LogP contribution is -2.29. The van der Waals surface area contributed by atoms with Crippen LogP contribution in [0.1, 0.15) is 22.9 Å².